The van der Waals surface area contributed by atoms with Crippen molar-refractivity contribution in [3.8, 4) is 0 Å². The zero-order chi connectivity index (χ0) is 13.8. The first-order valence-electron chi connectivity index (χ1n) is 4.69. The molecule has 0 saturated heterocycles. The van der Waals surface area contributed by atoms with Crippen molar-refractivity contribution in [2.24, 2.45) is 5.11 Å². The molecule has 0 fully saturated rings. The minimum absolute atomic E-state index is 0.319. The van der Waals surface area contributed by atoms with Crippen LogP contribution < -0.4 is 0 Å². The van der Waals surface area contributed by atoms with E-state index in [1.165, 1.54) is 24.3 Å². The largest absolute Gasteiger partial charge is 0.478 e. The summed E-state index contributed by atoms with van der Waals surface area (Å²) in [5, 5.41) is 12.1. The number of carboxylic acids is 1. The number of benzene rings is 1. The van der Waals surface area contributed by atoms with Gasteiger partial charge in [0.25, 0.3) is 0 Å². The van der Waals surface area contributed by atoms with E-state index in [0.717, 1.165) is 0 Å². The number of rotatable bonds is 5. The molecule has 8 heteroatoms. The van der Waals surface area contributed by atoms with Gasteiger partial charge in [0, 0.05) is 4.91 Å². The molecule has 0 saturated carbocycles. The number of carboxylic acid groups (broad SMARTS) is 1. The lowest BCUT2D eigenvalue weighted by Crippen LogP contribution is -2.07. The third kappa shape index (κ3) is 2.68. The van der Waals surface area contributed by atoms with Crippen molar-refractivity contribution in [1.82, 2.24) is 0 Å². The molecule has 1 rings (SSSR count). The average molecular weight is 267 g/mol. The molecule has 1 aromatic rings. The first-order valence-corrected chi connectivity index (χ1v) is 6.34. The molecule has 0 unspecified atom stereocenters. The van der Waals surface area contributed by atoms with Crippen molar-refractivity contribution in [3.63, 3.8) is 0 Å². The molecule has 0 bridgehead atoms. The topological polar surface area (TPSA) is 120 Å². The molecule has 0 aliphatic carbocycles. The highest BCUT2D eigenvalue weighted by Crippen LogP contribution is 2.29. The Balaban J connectivity index is 3.64. The van der Waals surface area contributed by atoms with E-state index < -0.39 is 21.5 Å². The summed E-state index contributed by atoms with van der Waals surface area (Å²) in [5.74, 6) is -1.74. The fourth-order valence-corrected chi connectivity index (χ4v) is 2.56. The number of hydrogen-bond acceptors (Lipinski definition) is 4. The molecule has 94 valence electrons. The summed E-state index contributed by atoms with van der Waals surface area (Å²) in [5.41, 5.74) is 7.63. The van der Waals surface area contributed by atoms with E-state index >= 15 is 0 Å². The minimum Gasteiger partial charge on any atom is -0.478 e. The Morgan fingerprint density at radius 1 is 1.56 bits per heavy atom. The molecule has 0 radical (unpaired) electrons. The minimum atomic E-state index is -3.77. The Morgan fingerprint density at radius 2 is 2.22 bits per heavy atom. The van der Waals surface area contributed by atoms with Crippen molar-refractivity contribution in [1.29, 1.82) is 0 Å². The van der Waals surface area contributed by atoms with Gasteiger partial charge in [0.05, 0.1) is 21.9 Å². The number of azide groups is 1. The van der Waals surface area contributed by atoms with Crippen LogP contribution in [0.3, 0.4) is 0 Å². The highest BCUT2D eigenvalue weighted by atomic mass is 32.2. The summed E-state index contributed by atoms with van der Waals surface area (Å²) < 4.78 is 23.7. The van der Waals surface area contributed by atoms with Crippen LogP contribution in [0.2, 0.25) is 0 Å². The van der Waals surface area contributed by atoms with Crippen LogP contribution in [0.25, 0.3) is 10.4 Å². The van der Waals surface area contributed by atoms with Gasteiger partial charge in [-0.05, 0) is 17.7 Å². The first kappa shape index (κ1) is 13.8. The third-order valence-electron chi connectivity index (χ3n) is 2.05. The summed E-state index contributed by atoms with van der Waals surface area (Å²) >= 11 is 0. The van der Waals surface area contributed by atoms with Crippen molar-refractivity contribution in [2.45, 2.75) is 4.90 Å². The average Bonchev–Trinajstić information content (AvgIpc) is 2.29. The van der Waals surface area contributed by atoms with E-state index in [-0.39, 0.29) is 16.2 Å². The summed E-state index contributed by atoms with van der Waals surface area (Å²) in [6.45, 7) is 3.31. The van der Waals surface area contributed by atoms with Gasteiger partial charge in [-0.3, -0.25) is 0 Å². The maximum Gasteiger partial charge on any atom is 0.336 e. The van der Waals surface area contributed by atoms with Crippen LogP contribution in [0.15, 0.2) is 40.9 Å². The van der Waals surface area contributed by atoms with Crippen molar-refractivity contribution < 1.29 is 18.3 Å². The Morgan fingerprint density at radius 3 is 2.72 bits per heavy atom. The molecule has 0 aliphatic rings. The van der Waals surface area contributed by atoms with Gasteiger partial charge in [0.1, 0.15) is 0 Å². The standard InChI is InChI=1S/C10H9N3O4S/c1-2-6-18(16,17)8-5-3-4-7(10(14)15)9(8)12-13-11/h2-5H,1,6H2,(H,14,15). The molecular weight excluding hydrogens is 258 g/mol. The summed E-state index contributed by atoms with van der Waals surface area (Å²) in [7, 11) is -3.77. The van der Waals surface area contributed by atoms with Gasteiger partial charge in [0.2, 0.25) is 0 Å². The lowest BCUT2D eigenvalue weighted by molar-refractivity contribution is 0.0697. The first-order chi connectivity index (χ1) is 8.44. The fraction of sp³-hybridized carbons (Fsp3) is 0.100. The number of nitrogens with zero attached hydrogens (tertiary/aromatic N) is 3. The van der Waals surface area contributed by atoms with Crippen LogP contribution in [0.4, 0.5) is 5.69 Å². The Bertz CT molecular complexity index is 645. The van der Waals surface area contributed by atoms with Crippen LogP contribution in [-0.4, -0.2) is 25.2 Å². The van der Waals surface area contributed by atoms with E-state index in [1.54, 1.807) is 0 Å². The quantitative estimate of drug-likeness (QED) is 0.380. The van der Waals surface area contributed by atoms with Gasteiger partial charge >= 0.3 is 5.97 Å². The lowest BCUT2D eigenvalue weighted by atomic mass is 10.2. The zero-order valence-corrected chi connectivity index (χ0v) is 9.96. The molecule has 7 nitrogen and oxygen atoms in total. The van der Waals surface area contributed by atoms with E-state index in [4.69, 9.17) is 10.6 Å². The number of aromatic carboxylic acids is 1. The van der Waals surface area contributed by atoms with E-state index in [1.807, 2.05) is 0 Å². The molecule has 18 heavy (non-hydrogen) atoms. The van der Waals surface area contributed by atoms with Gasteiger partial charge in [-0.15, -0.1) is 6.58 Å². The SMILES string of the molecule is C=CCS(=O)(=O)c1cccc(C(=O)O)c1N=[N+]=[N-]. The predicted octanol–water partition coefficient (Wildman–Crippen LogP) is 2.29. The molecule has 0 heterocycles. The van der Waals surface area contributed by atoms with Crippen LogP contribution in [-0.2, 0) is 9.84 Å². The predicted molar refractivity (Wildman–Crippen MR) is 64.5 cm³/mol. The Kier molecular flexibility index (Phi) is 4.09. The normalized spacial score (nSPS) is 10.4. The number of hydrogen-bond donors (Lipinski definition) is 1. The van der Waals surface area contributed by atoms with Gasteiger partial charge in [0.15, 0.2) is 9.84 Å². The highest BCUT2D eigenvalue weighted by molar-refractivity contribution is 7.91. The Hall–Kier alpha value is -2.31. The number of carbonyl (C=O) groups is 1. The van der Waals surface area contributed by atoms with E-state index in [0.29, 0.717) is 0 Å². The molecular formula is C10H9N3O4S. The molecule has 1 N–H and O–H groups in total. The Labute approximate surface area is 103 Å². The summed E-state index contributed by atoms with van der Waals surface area (Å²) in [6, 6.07) is 3.63. The molecule has 0 aliphatic heterocycles. The maximum atomic E-state index is 11.9. The van der Waals surface area contributed by atoms with Crippen LogP contribution >= 0.6 is 0 Å². The van der Waals surface area contributed by atoms with Crippen molar-refractivity contribution in [3.05, 3.63) is 46.9 Å². The smallest absolute Gasteiger partial charge is 0.336 e. The molecule has 0 aromatic heterocycles. The van der Waals surface area contributed by atoms with Gasteiger partial charge in [-0.1, -0.05) is 17.3 Å². The molecule has 0 atom stereocenters. The van der Waals surface area contributed by atoms with Crippen molar-refractivity contribution in [2.75, 3.05) is 5.75 Å². The molecule has 0 amide bonds. The highest BCUT2D eigenvalue weighted by Gasteiger charge is 2.21. The summed E-state index contributed by atoms with van der Waals surface area (Å²) in [6.07, 6.45) is 1.17. The van der Waals surface area contributed by atoms with Crippen LogP contribution in [0.1, 0.15) is 10.4 Å². The van der Waals surface area contributed by atoms with Crippen LogP contribution in [0.5, 0.6) is 0 Å². The maximum absolute atomic E-state index is 11.9. The number of sulfone groups is 1. The van der Waals surface area contributed by atoms with Crippen molar-refractivity contribution >= 4 is 21.5 Å². The second kappa shape index (κ2) is 5.35. The molecule has 0 spiro atoms. The molecule has 1 aromatic carbocycles. The third-order valence-corrected chi connectivity index (χ3v) is 3.72. The summed E-state index contributed by atoms with van der Waals surface area (Å²) in [4.78, 5) is 13.1. The fourth-order valence-electron chi connectivity index (χ4n) is 1.34. The van der Waals surface area contributed by atoms with E-state index in [2.05, 4.69) is 16.6 Å². The van der Waals surface area contributed by atoms with Gasteiger partial charge in [-0.25, -0.2) is 13.2 Å². The van der Waals surface area contributed by atoms with E-state index in [9.17, 15) is 13.2 Å². The second-order valence-corrected chi connectivity index (χ2v) is 5.22. The van der Waals surface area contributed by atoms with Gasteiger partial charge < -0.3 is 5.11 Å². The van der Waals surface area contributed by atoms with Gasteiger partial charge in [-0.2, -0.15) is 0 Å². The lowest BCUT2D eigenvalue weighted by Gasteiger charge is -2.07. The van der Waals surface area contributed by atoms with Crippen LogP contribution in [0, 0.1) is 0 Å². The zero-order valence-electron chi connectivity index (χ0n) is 9.15. The second-order valence-electron chi connectivity index (χ2n) is 3.22. The monoisotopic (exact) mass is 267 g/mol.